The minimum absolute atomic E-state index is 0.0935. The summed E-state index contributed by atoms with van der Waals surface area (Å²) in [7, 11) is 0. The van der Waals surface area contributed by atoms with Crippen LogP contribution in [-0.4, -0.2) is 11.0 Å². The van der Waals surface area contributed by atoms with Gasteiger partial charge in [0, 0.05) is 11.3 Å². The predicted octanol–water partition coefficient (Wildman–Crippen LogP) is 6.62. The molecule has 3 heteroatoms. The second-order valence-electron chi connectivity index (χ2n) is 8.92. The van der Waals surface area contributed by atoms with E-state index < -0.39 is 0 Å². The molecule has 3 nitrogen and oxygen atoms in total. The summed E-state index contributed by atoms with van der Waals surface area (Å²) in [5.74, 6) is 0.0957. The molecule has 0 aromatic heterocycles. The maximum Gasteiger partial charge on any atom is 0.233 e. The van der Waals surface area contributed by atoms with Crippen molar-refractivity contribution in [3.05, 3.63) is 119 Å². The Kier molecular flexibility index (Phi) is 5.47. The van der Waals surface area contributed by atoms with Crippen LogP contribution in [0.1, 0.15) is 28.3 Å². The summed E-state index contributed by atoms with van der Waals surface area (Å²) in [6.07, 6.45) is 0.645. The van der Waals surface area contributed by atoms with Crippen LogP contribution in [-0.2, 0) is 11.2 Å². The fraction of sp³-hybridized carbons (Fsp3) is 0.167. The van der Waals surface area contributed by atoms with Gasteiger partial charge in [0.2, 0.25) is 5.91 Å². The van der Waals surface area contributed by atoms with E-state index in [4.69, 9.17) is 0 Å². The highest BCUT2D eigenvalue weighted by Gasteiger charge is 2.49. The van der Waals surface area contributed by atoms with E-state index in [9.17, 15) is 9.90 Å². The third-order valence-corrected chi connectivity index (χ3v) is 6.56. The molecule has 5 rings (SSSR count). The Labute approximate surface area is 195 Å². The Morgan fingerprint density at radius 3 is 2.03 bits per heavy atom. The number of aryl methyl sites for hydroxylation is 2. The summed E-state index contributed by atoms with van der Waals surface area (Å²) in [5, 5.41) is 11.1. The molecule has 0 radical (unpaired) electrons. The van der Waals surface area contributed by atoms with E-state index >= 15 is 0 Å². The normalized spacial score (nSPS) is 17.6. The minimum atomic E-state index is -0.220. The van der Waals surface area contributed by atoms with Crippen LogP contribution in [0.4, 0.5) is 5.69 Å². The predicted molar refractivity (Wildman–Crippen MR) is 133 cm³/mol. The number of anilines is 1. The van der Waals surface area contributed by atoms with Crippen LogP contribution in [0.15, 0.2) is 97.1 Å². The Morgan fingerprint density at radius 2 is 1.39 bits per heavy atom. The summed E-state index contributed by atoms with van der Waals surface area (Å²) in [6.45, 7) is 4.10. The molecule has 1 saturated heterocycles. The van der Waals surface area contributed by atoms with E-state index in [0.717, 1.165) is 33.5 Å². The topological polar surface area (TPSA) is 40.5 Å². The van der Waals surface area contributed by atoms with Crippen molar-refractivity contribution in [3.63, 3.8) is 0 Å². The molecule has 1 aliphatic heterocycles. The van der Waals surface area contributed by atoms with E-state index in [1.54, 1.807) is 0 Å². The van der Waals surface area contributed by atoms with Crippen molar-refractivity contribution in [1.29, 1.82) is 0 Å². The van der Waals surface area contributed by atoms with Crippen molar-refractivity contribution >= 4 is 11.6 Å². The van der Waals surface area contributed by atoms with Gasteiger partial charge in [-0.1, -0.05) is 90.0 Å². The number of β-lactam (4-membered cyclic amide) rings is 1. The summed E-state index contributed by atoms with van der Waals surface area (Å²) in [6, 6.07) is 32.0. The van der Waals surface area contributed by atoms with E-state index in [-0.39, 0.29) is 23.6 Å². The summed E-state index contributed by atoms with van der Waals surface area (Å²) >= 11 is 0. The fourth-order valence-electron chi connectivity index (χ4n) is 4.68. The molecule has 4 aromatic rings. The highest BCUT2D eigenvalue weighted by atomic mass is 16.3. The Balaban J connectivity index is 1.52. The number of benzene rings is 4. The number of carbonyl (C=O) groups excluding carboxylic acids is 1. The third-order valence-electron chi connectivity index (χ3n) is 6.56. The van der Waals surface area contributed by atoms with Gasteiger partial charge >= 0.3 is 0 Å². The minimum Gasteiger partial charge on any atom is -0.508 e. The Morgan fingerprint density at radius 1 is 0.758 bits per heavy atom. The van der Waals surface area contributed by atoms with Gasteiger partial charge < -0.3 is 10.0 Å². The number of amides is 1. The molecule has 33 heavy (non-hydrogen) atoms. The van der Waals surface area contributed by atoms with Gasteiger partial charge in [-0.05, 0) is 55.2 Å². The van der Waals surface area contributed by atoms with Gasteiger partial charge in [0.1, 0.15) is 5.75 Å². The SMILES string of the molecule is Cc1ccc(CC2C(=O)N(c3ccc(C)cc3)C2c2ccc(-c3ccccc3)cc2O)cc1. The lowest BCUT2D eigenvalue weighted by Crippen LogP contribution is -2.56. The quantitative estimate of drug-likeness (QED) is 0.359. The van der Waals surface area contributed by atoms with Crippen LogP contribution in [0.25, 0.3) is 11.1 Å². The zero-order chi connectivity index (χ0) is 22.9. The van der Waals surface area contributed by atoms with Crippen LogP contribution < -0.4 is 4.90 Å². The molecule has 1 fully saturated rings. The molecule has 1 heterocycles. The number of nitrogens with zero attached hydrogens (tertiary/aromatic N) is 1. The van der Waals surface area contributed by atoms with Gasteiger partial charge in [-0.15, -0.1) is 0 Å². The number of rotatable bonds is 5. The van der Waals surface area contributed by atoms with Crippen molar-refractivity contribution in [2.75, 3.05) is 4.90 Å². The number of aromatic hydroxyl groups is 1. The Bertz CT molecular complexity index is 1280. The lowest BCUT2D eigenvalue weighted by atomic mass is 9.77. The summed E-state index contributed by atoms with van der Waals surface area (Å²) in [4.78, 5) is 15.2. The van der Waals surface area contributed by atoms with Crippen LogP contribution in [0.5, 0.6) is 5.75 Å². The van der Waals surface area contributed by atoms with E-state index in [2.05, 4.69) is 31.2 Å². The molecule has 1 N–H and O–H groups in total. The second kappa shape index (κ2) is 8.59. The summed E-state index contributed by atoms with van der Waals surface area (Å²) in [5.41, 5.74) is 7.14. The molecule has 4 aromatic carbocycles. The van der Waals surface area contributed by atoms with Crippen molar-refractivity contribution in [1.82, 2.24) is 0 Å². The molecule has 0 aliphatic carbocycles. The fourth-order valence-corrected chi connectivity index (χ4v) is 4.68. The molecule has 0 bridgehead atoms. The van der Waals surface area contributed by atoms with Gasteiger partial charge in [-0.25, -0.2) is 0 Å². The highest BCUT2D eigenvalue weighted by molar-refractivity contribution is 6.03. The van der Waals surface area contributed by atoms with Gasteiger partial charge in [0.25, 0.3) is 0 Å². The van der Waals surface area contributed by atoms with E-state index in [0.29, 0.717) is 6.42 Å². The van der Waals surface area contributed by atoms with Crippen LogP contribution in [0.2, 0.25) is 0 Å². The number of phenols is 1. The first-order valence-corrected chi connectivity index (χ1v) is 11.3. The van der Waals surface area contributed by atoms with E-state index in [1.165, 1.54) is 5.56 Å². The molecule has 2 unspecified atom stereocenters. The van der Waals surface area contributed by atoms with Crippen molar-refractivity contribution in [3.8, 4) is 16.9 Å². The highest BCUT2D eigenvalue weighted by Crippen LogP contribution is 2.48. The zero-order valence-electron chi connectivity index (χ0n) is 18.9. The second-order valence-corrected chi connectivity index (χ2v) is 8.92. The first-order chi connectivity index (χ1) is 16.0. The number of hydrogen-bond donors (Lipinski definition) is 1. The summed E-state index contributed by atoms with van der Waals surface area (Å²) < 4.78 is 0. The molecule has 2 atom stereocenters. The third kappa shape index (κ3) is 4.03. The maximum atomic E-state index is 13.3. The number of hydrogen-bond acceptors (Lipinski definition) is 2. The molecular formula is C30H27NO2. The standard InChI is InChI=1S/C30H27NO2/c1-20-8-12-22(13-9-20)18-27-29(31(30(27)33)25-15-10-21(2)11-16-25)26-17-14-24(19-28(26)32)23-6-4-3-5-7-23/h3-17,19,27,29,32H,18H2,1-2H3. The van der Waals surface area contributed by atoms with Crippen LogP contribution in [0.3, 0.4) is 0 Å². The lowest BCUT2D eigenvalue weighted by Gasteiger charge is -2.48. The monoisotopic (exact) mass is 433 g/mol. The molecule has 0 saturated carbocycles. The van der Waals surface area contributed by atoms with Gasteiger partial charge in [-0.2, -0.15) is 0 Å². The largest absolute Gasteiger partial charge is 0.508 e. The first-order valence-electron chi connectivity index (χ1n) is 11.3. The molecule has 164 valence electrons. The van der Waals surface area contributed by atoms with Gasteiger partial charge in [-0.3, -0.25) is 4.79 Å². The Hall–Kier alpha value is -3.85. The average molecular weight is 434 g/mol. The van der Waals surface area contributed by atoms with E-state index in [1.807, 2.05) is 84.6 Å². The van der Waals surface area contributed by atoms with Crippen LogP contribution >= 0.6 is 0 Å². The molecule has 1 aliphatic rings. The molecule has 0 spiro atoms. The first kappa shape index (κ1) is 21.0. The zero-order valence-corrected chi connectivity index (χ0v) is 18.9. The number of carbonyl (C=O) groups is 1. The van der Waals surface area contributed by atoms with Crippen molar-refractivity contribution in [2.45, 2.75) is 26.3 Å². The smallest absolute Gasteiger partial charge is 0.233 e. The number of phenolic OH excluding ortho intramolecular Hbond substituents is 1. The van der Waals surface area contributed by atoms with Crippen LogP contribution in [0, 0.1) is 19.8 Å². The lowest BCUT2D eigenvalue weighted by molar-refractivity contribution is -0.130. The van der Waals surface area contributed by atoms with Gasteiger partial charge in [0.05, 0.1) is 12.0 Å². The molecular weight excluding hydrogens is 406 g/mol. The maximum absolute atomic E-state index is 13.3. The van der Waals surface area contributed by atoms with Gasteiger partial charge in [0.15, 0.2) is 0 Å². The average Bonchev–Trinajstić information content (AvgIpc) is 2.84. The van der Waals surface area contributed by atoms with Crippen molar-refractivity contribution < 1.29 is 9.90 Å². The molecule has 1 amide bonds. The van der Waals surface area contributed by atoms with Crippen molar-refractivity contribution in [2.24, 2.45) is 5.92 Å².